The van der Waals surface area contributed by atoms with E-state index in [-0.39, 0.29) is 0 Å². The van der Waals surface area contributed by atoms with E-state index in [4.69, 9.17) is 23.2 Å². The van der Waals surface area contributed by atoms with Crippen molar-refractivity contribution in [1.29, 1.82) is 0 Å². The Morgan fingerprint density at radius 3 is 2.83 bits per heavy atom. The van der Waals surface area contributed by atoms with E-state index < -0.39 is 0 Å². The molecule has 0 unspecified atom stereocenters. The second-order valence-electron chi connectivity index (χ2n) is 1.89. The van der Waals surface area contributed by atoms with Gasteiger partial charge < -0.3 is 0 Å². The fraction of sp³-hybridized carbons (Fsp3) is 0.125. The van der Waals surface area contributed by atoms with Gasteiger partial charge in [-0.05, 0) is 6.07 Å². The van der Waals surface area contributed by atoms with Crippen LogP contribution in [0.1, 0.15) is 5.56 Å². The number of rotatable bonds is 0. The van der Waals surface area contributed by atoms with Gasteiger partial charge in [0, 0.05) is 6.20 Å². The summed E-state index contributed by atoms with van der Waals surface area (Å²) in [7, 11) is 0. The zero-order chi connectivity index (χ0) is 8.97. The van der Waals surface area contributed by atoms with Gasteiger partial charge in [0.1, 0.15) is 5.15 Å². The van der Waals surface area contributed by atoms with E-state index >= 15 is 0 Å². The van der Waals surface area contributed by atoms with Crippen LogP contribution >= 0.6 is 39.1 Å². The van der Waals surface area contributed by atoms with E-state index in [9.17, 15) is 0 Å². The van der Waals surface area contributed by atoms with Crippen molar-refractivity contribution in [2.45, 2.75) is 0 Å². The fourth-order valence-corrected chi connectivity index (χ4v) is 1.23. The highest BCUT2D eigenvalue weighted by Gasteiger charge is 2.01. The normalized spacial score (nSPS) is 8.92. The third-order valence-corrected chi connectivity index (χ3v) is 2.02. The number of alkyl halides is 1. The molecule has 0 amide bonds. The summed E-state index contributed by atoms with van der Waals surface area (Å²) in [5.41, 5.74) is 0.584. The van der Waals surface area contributed by atoms with Crippen LogP contribution in [0, 0.1) is 11.8 Å². The number of hydrogen-bond acceptors (Lipinski definition) is 1. The van der Waals surface area contributed by atoms with E-state index in [0.29, 0.717) is 21.1 Å². The predicted molar refractivity (Wildman–Crippen MR) is 54.9 cm³/mol. The van der Waals surface area contributed by atoms with Gasteiger partial charge >= 0.3 is 0 Å². The molecule has 1 nitrogen and oxygen atoms in total. The van der Waals surface area contributed by atoms with Crippen molar-refractivity contribution in [2.24, 2.45) is 0 Å². The van der Waals surface area contributed by atoms with Crippen molar-refractivity contribution in [3.63, 3.8) is 0 Å². The molecule has 0 bridgehead atoms. The van der Waals surface area contributed by atoms with Crippen LogP contribution in [0.3, 0.4) is 0 Å². The van der Waals surface area contributed by atoms with Gasteiger partial charge in [-0.1, -0.05) is 51.0 Å². The number of aromatic nitrogens is 1. The highest BCUT2D eigenvalue weighted by atomic mass is 79.9. The molecular weight excluding hydrogens is 261 g/mol. The topological polar surface area (TPSA) is 12.9 Å². The minimum absolute atomic E-state index is 0.343. The molecule has 1 rings (SSSR count). The molecule has 0 atom stereocenters. The Morgan fingerprint density at radius 1 is 1.50 bits per heavy atom. The van der Waals surface area contributed by atoms with Crippen LogP contribution in [-0.2, 0) is 0 Å². The molecule has 4 heteroatoms. The molecule has 0 radical (unpaired) electrons. The van der Waals surface area contributed by atoms with Gasteiger partial charge in [0.15, 0.2) is 0 Å². The summed E-state index contributed by atoms with van der Waals surface area (Å²) in [6.45, 7) is 0. The van der Waals surface area contributed by atoms with Crippen molar-refractivity contribution in [3.05, 3.63) is 28.0 Å². The Kier molecular flexibility index (Phi) is 3.87. The summed E-state index contributed by atoms with van der Waals surface area (Å²) >= 11 is 14.8. The van der Waals surface area contributed by atoms with Crippen LogP contribution in [0.4, 0.5) is 0 Å². The molecule has 0 aliphatic rings. The van der Waals surface area contributed by atoms with Crippen LogP contribution in [0.25, 0.3) is 0 Å². The lowest BCUT2D eigenvalue weighted by Crippen LogP contribution is -1.83. The Morgan fingerprint density at radius 2 is 2.25 bits per heavy atom. The first kappa shape index (κ1) is 9.85. The molecule has 0 fully saturated rings. The maximum atomic E-state index is 5.82. The summed E-state index contributed by atoms with van der Waals surface area (Å²) in [5.74, 6) is 5.61. The zero-order valence-corrected chi connectivity index (χ0v) is 9.04. The highest BCUT2D eigenvalue weighted by Crippen LogP contribution is 2.20. The molecule has 0 saturated heterocycles. The fourth-order valence-electron chi connectivity index (χ4n) is 0.648. The SMILES string of the molecule is Clc1ccnc(Cl)c1C#CCBr. The van der Waals surface area contributed by atoms with Crippen molar-refractivity contribution >= 4 is 39.1 Å². The number of nitrogens with zero attached hydrogens (tertiary/aromatic N) is 1. The van der Waals surface area contributed by atoms with Crippen molar-refractivity contribution in [3.8, 4) is 11.8 Å². The van der Waals surface area contributed by atoms with Gasteiger partial charge in [-0.25, -0.2) is 4.98 Å². The predicted octanol–water partition coefficient (Wildman–Crippen LogP) is 3.13. The smallest absolute Gasteiger partial charge is 0.146 e. The lowest BCUT2D eigenvalue weighted by Gasteiger charge is -1.95. The molecule has 12 heavy (non-hydrogen) atoms. The van der Waals surface area contributed by atoms with Crippen molar-refractivity contribution in [1.82, 2.24) is 4.98 Å². The monoisotopic (exact) mass is 263 g/mol. The number of pyridine rings is 1. The van der Waals surface area contributed by atoms with E-state index in [0.717, 1.165) is 0 Å². The average molecular weight is 265 g/mol. The number of hydrogen-bond donors (Lipinski definition) is 0. The first-order valence-corrected chi connectivity index (χ1v) is 4.98. The first-order chi connectivity index (χ1) is 5.75. The average Bonchev–Trinajstić information content (AvgIpc) is 2.04. The highest BCUT2D eigenvalue weighted by molar-refractivity contribution is 9.09. The van der Waals surface area contributed by atoms with Crippen LogP contribution in [0.2, 0.25) is 10.2 Å². The van der Waals surface area contributed by atoms with E-state index in [2.05, 4.69) is 32.8 Å². The second kappa shape index (κ2) is 4.71. The Balaban J connectivity index is 3.13. The van der Waals surface area contributed by atoms with Gasteiger partial charge in [0.2, 0.25) is 0 Å². The summed E-state index contributed by atoms with van der Waals surface area (Å²) in [6.07, 6.45) is 1.55. The van der Waals surface area contributed by atoms with E-state index in [1.54, 1.807) is 12.3 Å². The molecule has 1 aromatic heterocycles. The molecule has 0 aliphatic heterocycles. The Labute approximate surface area is 89.2 Å². The van der Waals surface area contributed by atoms with Crippen LogP contribution in [0.15, 0.2) is 12.3 Å². The van der Waals surface area contributed by atoms with E-state index in [1.165, 1.54) is 0 Å². The van der Waals surface area contributed by atoms with E-state index in [1.807, 2.05) is 0 Å². The van der Waals surface area contributed by atoms with Gasteiger partial charge in [0.05, 0.1) is 15.9 Å². The molecule has 0 saturated carbocycles. The van der Waals surface area contributed by atoms with Crippen LogP contribution in [0.5, 0.6) is 0 Å². The van der Waals surface area contributed by atoms with Gasteiger partial charge in [0.25, 0.3) is 0 Å². The van der Waals surface area contributed by atoms with Crippen molar-refractivity contribution < 1.29 is 0 Å². The minimum Gasteiger partial charge on any atom is -0.243 e. The lowest BCUT2D eigenvalue weighted by molar-refractivity contribution is 1.31. The second-order valence-corrected chi connectivity index (χ2v) is 3.22. The third kappa shape index (κ3) is 2.38. The number of halogens is 3. The lowest BCUT2D eigenvalue weighted by atomic mass is 10.3. The summed E-state index contributed by atoms with van der Waals surface area (Å²) in [6, 6.07) is 1.66. The Hall–Kier alpha value is -0.230. The molecule has 0 N–H and O–H groups in total. The molecule has 62 valence electrons. The molecule has 0 aliphatic carbocycles. The molecule has 1 heterocycles. The standard InChI is InChI=1S/C8H4BrCl2N/c9-4-1-2-6-7(10)3-5-12-8(6)11/h3,5H,4H2. The maximum absolute atomic E-state index is 5.82. The van der Waals surface area contributed by atoms with Crippen molar-refractivity contribution in [2.75, 3.05) is 5.33 Å². The first-order valence-electron chi connectivity index (χ1n) is 3.10. The largest absolute Gasteiger partial charge is 0.243 e. The Bertz CT molecular complexity index is 320. The third-order valence-electron chi connectivity index (χ3n) is 1.13. The maximum Gasteiger partial charge on any atom is 0.146 e. The van der Waals surface area contributed by atoms with Gasteiger partial charge in [-0.3, -0.25) is 0 Å². The van der Waals surface area contributed by atoms with Gasteiger partial charge in [-0.15, -0.1) is 0 Å². The molecule has 1 aromatic rings. The molecule has 0 spiro atoms. The van der Waals surface area contributed by atoms with Crippen LogP contribution in [-0.4, -0.2) is 10.3 Å². The zero-order valence-electron chi connectivity index (χ0n) is 5.94. The molecule has 0 aromatic carbocycles. The summed E-state index contributed by atoms with van der Waals surface area (Å²) < 4.78 is 0. The molecular formula is C8H4BrCl2N. The van der Waals surface area contributed by atoms with Crippen LogP contribution < -0.4 is 0 Å². The van der Waals surface area contributed by atoms with Gasteiger partial charge in [-0.2, -0.15) is 0 Å². The quantitative estimate of drug-likeness (QED) is 0.399. The minimum atomic E-state index is 0.343. The summed E-state index contributed by atoms with van der Waals surface area (Å²) in [4.78, 5) is 3.86. The summed E-state index contributed by atoms with van der Waals surface area (Å²) in [5, 5.41) is 1.47.